The first-order chi connectivity index (χ1) is 25.0. The lowest BCUT2D eigenvalue weighted by Gasteiger charge is -2.71. The number of carbonyl (C=O) groups excluding carboxylic acids is 1. The summed E-state index contributed by atoms with van der Waals surface area (Å²) >= 11 is 0. The Morgan fingerprint density at radius 1 is 1.04 bits per heavy atom. The highest BCUT2D eigenvalue weighted by Crippen LogP contribution is 2.75. The summed E-state index contributed by atoms with van der Waals surface area (Å²) in [6, 6.07) is -0.310. The van der Waals surface area contributed by atoms with Crippen molar-refractivity contribution >= 4 is 11.9 Å². The SMILES string of the molecule is CN[C@@](C)(CO[C@H]1[C@H](n2ncnc2C(=O)NC(C)C)C[C@]2(C)COC[C@@]13C1=CC[C@@]4(C)[C@H](C(=O)O)[C@@](C)([C@H](C)C(C)C)CC[C@]4(C)[C@H]1CC[C@H]23)C(C)(C)C. The molecule has 10 heteroatoms. The number of nitrogens with one attached hydrogen (secondary N) is 2. The first-order valence-corrected chi connectivity index (χ1v) is 21.0. The lowest BCUT2D eigenvalue weighted by Crippen LogP contribution is -2.70. The number of amides is 1. The van der Waals surface area contributed by atoms with Gasteiger partial charge in [0.05, 0.1) is 37.9 Å². The molecule has 12 atom stereocenters. The van der Waals surface area contributed by atoms with Gasteiger partial charge < -0.3 is 25.2 Å². The van der Waals surface area contributed by atoms with Crippen LogP contribution in [0.1, 0.15) is 145 Å². The number of aliphatic carboxylic acids is 1. The molecule has 1 aliphatic heterocycles. The molecule has 10 nitrogen and oxygen atoms in total. The van der Waals surface area contributed by atoms with E-state index in [9.17, 15) is 14.7 Å². The van der Waals surface area contributed by atoms with Crippen LogP contribution in [0.15, 0.2) is 18.0 Å². The third kappa shape index (κ3) is 5.87. The van der Waals surface area contributed by atoms with E-state index in [0.29, 0.717) is 43.9 Å². The van der Waals surface area contributed by atoms with Crippen LogP contribution in [0.4, 0.5) is 0 Å². The summed E-state index contributed by atoms with van der Waals surface area (Å²) in [6.45, 7) is 30.7. The summed E-state index contributed by atoms with van der Waals surface area (Å²) in [5, 5.41) is 22.7. The van der Waals surface area contributed by atoms with Gasteiger partial charge in [0.15, 0.2) is 0 Å². The van der Waals surface area contributed by atoms with Gasteiger partial charge in [-0.2, -0.15) is 5.10 Å². The standard InChI is InChI=1S/C44H73N5O5/c1-26(2)28(5)40(10)19-20-41(11)29-15-16-32-39(9)21-31(49-35(46-25-47-49)36(50)48-27(3)4)34(54-23-43(13,45-14)38(6,7)8)44(32,24-53-22-39)30(29)17-18-42(41,12)33(40)37(51)52/h17,25-29,31-34,45H,15-16,18-24H2,1-14H3,(H,48,50)(H,51,52)/t28-,29+,31-,32-,33-,34+,39-,40-,41-,42+,43+,44+/m1/s1. The van der Waals surface area contributed by atoms with E-state index < -0.39 is 22.7 Å². The minimum atomic E-state index is -0.651. The Labute approximate surface area is 325 Å². The Morgan fingerprint density at radius 2 is 1.72 bits per heavy atom. The number of ether oxygens (including phenoxy) is 2. The number of carboxylic acid groups (broad SMARTS) is 1. The minimum Gasteiger partial charge on any atom is -0.481 e. The van der Waals surface area contributed by atoms with Gasteiger partial charge in [-0.05, 0) is 117 Å². The van der Waals surface area contributed by atoms with Gasteiger partial charge >= 0.3 is 5.97 Å². The molecule has 4 aliphatic carbocycles. The van der Waals surface area contributed by atoms with Gasteiger partial charge in [0.25, 0.3) is 5.91 Å². The topological polar surface area (TPSA) is 128 Å². The highest BCUT2D eigenvalue weighted by molar-refractivity contribution is 5.90. The van der Waals surface area contributed by atoms with Gasteiger partial charge in [-0.15, -0.1) is 0 Å². The Kier molecular flexibility index (Phi) is 10.5. The van der Waals surface area contributed by atoms with Crippen molar-refractivity contribution in [1.82, 2.24) is 25.4 Å². The Morgan fingerprint density at radius 3 is 2.31 bits per heavy atom. The average molecular weight is 752 g/mol. The number of likely N-dealkylation sites (N-methyl/N-ethyl adjacent to an activating group) is 1. The maximum absolute atomic E-state index is 13.7. The van der Waals surface area contributed by atoms with Crippen molar-refractivity contribution in [2.24, 2.45) is 62.1 Å². The second kappa shape index (κ2) is 13.7. The highest BCUT2D eigenvalue weighted by atomic mass is 16.5. The zero-order valence-corrected chi connectivity index (χ0v) is 36.1. The molecule has 5 aliphatic rings. The van der Waals surface area contributed by atoms with E-state index in [0.717, 1.165) is 32.1 Å². The molecule has 4 fully saturated rings. The van der Waals surface area contributed by atoms with E-state index in [1.807, 2.05) is 25.6 Å². The van der Waals surface area contributed by atoms with E-state index in [-0.39, 0.29) is 63.1 Å². The van der Waals surface area contributed by atoms with Gasteiger partial charge in [0.1, 0.15) is 6.33 Å². The van der Waals surface area contributed by atoms with Gasteiger partial charge in [-0.3, -0.25) is 9.59 Å². The second-order valence-electron chi connectivity index (χ2n) is 21.4. The maximum atomic E-state index is 13.7. The van der Waals surface area contributed by atoms with Crippen LogP contribution < -0.4 is 10.6 Å². The number of fused-ring (bicyclic) bond motifs is 3. The van der Waals surface area contributed by atoms with Crippen molar-refractivity contribution in [3.63, 3.8) is 0 Å². The molecular weight excluding hydrogens is 679 g/mol. The van der Waals surface area contributed by atoms with Crippen LogP contribution >= 0.6 is 0 Å². The van der Waals surface area contributed by atoms with Crippen molar-refractivity contribution in [2.75, 3.05) is 26.9 Å². The Bertz CT molecular complexity index is 1630. The van der Waals surface area contributed by atoms with Crippen molar-refractivity contribution < 1.29 is 24.2 Å². The highest BCUT2D eigenvalue weighted by Gasteiger charge is 2.73. The minimum absolute atomic E-state index is 0.0468. The third-order valence-corrected chi connectivity index (χ3v) is 17.3. The van der Waals surface area contributed by atoms with Crippen LogP contribution in [-0.4, -0.2) is 76.3 Å². The lowest BCUT2D eigenvalue weighted by atomic mass is 9.34. The number of hydrogen-bond acceptors (Lipinski definition) is 7. The maximum Gasteiger partial charge on any atom is 0.307 e. The van der Waals surface area contributed by atoms with Gasteiger partial charge in [-0.1, -0.05) is 80.9 Å². The largest absolute Gasteiger partial charge is 0.481 e. The van der Waals surface area contributed by atoms with Gasteiger partial charge in [0.2, 0.25) is 5.82 Å². The van der Waals surface area contributed by atoms with E-state index in [1.54, 1.807) is 0 Å². The molecule has 54 heavy (non-hydrogen) atoms. The fraction of sp³-hybridized carbons (Fsp3) is 0.864. The van der Waals surface area contributed by atoms with E-state index in [4.69, 9.17) is 14.6 Å². The molecule has 6 rings (SSSR count). The van der Waals surface area contributed by atoms with Crippen molar-refractivity contribution in [2.45, 2.75) is 152 Å². The molecule has 3 N–H and O–H groups in total. The third-order valence-electron chi connectivity index (χ3n) is 17.3. The zero-order valence-electron chi connectivity index (χ0n) is 36.1. The number of aromatic nitrogens is 3. The molecule has 1 aromatic heterocycles. The van der Waals surface area contributed by atoms with Crippen LogP contribution in [0.2, 0.25) is 0 Å². The molecule has 2 heterocycles. The molecule has 0 unspecified atom stereocenters. The molecule has 1 amide bonds. The summed E-state index contributed by atoms with van der Waals surface area (Å²) in [5.74, 6) is 0.113. The molecule has 1 saturated heterocycles. The predicted octanol–water partition coefficient (Wildman–Crippen LogP) is 7.96. The number of rotatable bonds is 10. The van der Waals surface area contributed by atoms with Crippen molar-refractivity contribution in [3.8, 4) is 0 Å². The first-order valence-electron chi connectivity index (χ1n) is 21.0. The summed E-state index contributed by atoms with van der Waals surface area (Å²) in [6.07, 6.45) is 9.02. The number of carboxylic acids is 1. The summed E-state index contributed by atoms with van der Waals surface area (Å²) in [7, 11) is 2.01. The van der Waals surface area contributed by atoms with Gasteiger partial charge in [0, 0.05) is 17.0 Å². The predicted molar refractivity (Wildman–Crippen MR) is 212 cm³/mol. The Hall–Kier alpha value is -2.30. The summed E-state index contributed by atoms with van der Waals surface area (Å²) < 4.78 is 16.2. The number of carbonyl (C=O) groups is 2. The molecule has 304 valence electrons. The number of hydrogen-bond donors (Lipinski definition) is 3. The summed E-state index contributed by atoms with van der Waals surface area (Å²) in [5.41, 5.74) is -0.715. The molecule has 0 spiro atoms. The van der Waals surface area contributed by atoms with E-state index in [1.165, 1.54) is 11.9 Å². The zero-order chi connectivity index (χ0) is 40.0. The first kappa shape index (κ1) is 41.3. The quantitative estimate of drug-likeness (QED) is 0.206. The van der Waals surface area contributed by atoms with Crippen LogP contribution in [0.5, 0.6) is 0 Å². The normalized spacial score (nSPS) is 40.9. The monoisotopic (exact) mass is 752 g/mol. The van der Waals surface area contributed by atoms with Crippen LogP contribution in [0.25, 0.3) is 0 Å². The lowest BCUT2D eigenvalue weighted by molar-refractivity contribution is -0.256. The fourth-order valence-electron chi connectivity index (χ4n) is 13.0. The Balaban J connectivity index is 1.54. The van der Waals surface area contributed by atoms with Crippen molar-refractivity contribution in [1.29, 1.82) is 0 Å². The van der Waals surface area contributed by atoms with Crippen LogP contribution in [0.3, 0.4) is 0 Å². The summed E-state index contributed by atoms with van der Waals surface area (Å²) in [4.78, 5) is 31.9. The second-order valence-corrected chi connectivity index (χ2v) is 21.4. The van der Waals surface area contributed by atoms with Crippen molar-refractivity contribution in [3.05, 3.63) is 23.8 Å². The molecule has 2 bridgehead atoms. The van der Waals surface area contributed by atoms with Gasteiger partial charge in [-0.25, -0.2) is 9.67 Å². The molecular formula is C44H73N5O5. The fourth-order valence-corrected chi connectivity index (χ4v) is 13.0. The molecule has 0 aromatic carbocycles. The molecule has 0 radical (unpaired) electrons. The average Bonchev–Trinajstić information content (AvgIpc) is 3.57. The number of nitrogens with zero attached hydrogens (tertiary/aromatic N) is 3. The van der Waals surface area contributed by atoms with Crippen LogP contribution in [0, 0.1) is 62.1 Å². The van der Waals surface area contributed by atoms with E-state index >= 15 is 0 Å². The van der Waals surface area contributed by atoms with E-state index in [2.05, 4.69) is 97.9 Å². The molecule has 1 aromatic rings. The smallest absolute Gasteiger partial charge is 0.307 e. The molecule has 3 saturated carbocycles. The number of allylic oxidation sites excluding steroid dienone is 1. The van der Waals surface area contributed by atoms with Crippen LogP contribution in [-0.2, 0) is 14.3 Å².